The second kappa shape index (κ2) is 9.15. The van der Waals surface area contributed by atoms with E-state index >= 15 is 0 Å². The standard InChI is InChI=1S/C21H28N2O3S/c1-5-16-10-12-17(13-11-16)21(15(2)3)22-14-20(24)23-18-8-6-7-9-19(18)27(4,25)26/h6-13,15,21-22H,5,14H2,1-4H3,(H,23,24)/p+1/t21-/m0/s1. The molecule has 0 bridgehead atoms. The van der Waals surface area contributed by atoms with Crippen LogP contribution in [0.4, 0.5) is 5.69 Å². The molecule has 1 amide bonds. The summed E-state index contributed by atoms with van der Waals surface area (Å²) in [5, 5.41) is 4.74. The van der Waals surface area contributed by atoms with Gasteiger partial charge >= 0.3 is 0 Å². The Morgan fingerprint density at radius 3 is 2.26 bits per heavy atom. The molecule has 2 aromatic rings. The monoisotopic (exact) mass is 389 g/mol. The number of benzene rings is 2. The largest absolute Gasteiger partial charge is 0.332 e. The molecule has 0 saturated heterocycles. The number of quaternary nitrogens is 1. The van der Waals surface area contributed by atoms with E-state index in [2.05, 4.69) is 50.4 Å². The Labute approximate surface area is 162 Å². The predicted octanol–water partition coefficient (Wildman–Crippen LogP) is 2.55. The van der Waals surface area contributed by atoms with Gasteiger partial charge < -0.3 is 10.6 Å². The fraction of sp³-hybridized carbons (Fsp3) is 0.381. The molecule has 0 aliphatic heterocycles. The van der Waals surface area contributed by atoms with E-state index in [-0.39, 0.29) is 23.4 Å². The highest BCUT2D eigenvalue weighted by atomic mass is 32.2. The number of nitrogens with one attached hydrogen (secondary N) is 1. The first-order chi connectivity index (χ1) is 12.7. The molecule has 27 heavy (non-hydrogen) atoms. The molecule has 0 spiro atoms. The van der Waals surface area contributed by atoms with Gasteiger partial charge in [-0.15, -0.1) is 0 Å². The second-order valence-electron chi connectivity index (χ2n) is 7.12. The number of carbonyl (C=O) groups excluding carboxylic acids is 1. The first-order valence-corrected chi connectivity index (χ1v) is 11.1. The second-order valence-corrected chi connectivity index (χ2v) is 9.11. The number of para-hydroxylation sites is 1. The maximum atomic E-state index is 12.4. The molecule has 2 rings (SSSR count). The van der Waals surface area contributed by atoms with Gasteiger partial charge in [-0.1, -0.05) is 57.2 Å². The molecule has 0 unspecified atom stereocenters. The van der Waals surface area contributed by atoms with Crippen LogP contribution in [0.25, 0.3) is 0 Å². The number of carbonyl (C=O) groups is 1. The van der Waals surface area contributed by atoms with Crippen LogP contribution in [-0.4, -0.2) is 27.1 Å². The fourth-order valence-corrected chi connectivity index (χ4v) is 3.94. The highest BCUT2D eigenvalue weighted by Gasteiger charge is 2.21. The van der Waals surface area contributed by atoms with Gasteiger partial charge in [-0.3, -0.25) is 4.79 Å². The topological polar surface area (TPSA) is 79.8 Å². The van der Waals surface area contributed by atoms with Crippen molar-refractivity contribution in [1.29, 1.82) is 0 Å². The lowest BCUT2D eigenvalue weighted by Crippen LogP contribution is -2.88. The van der Waals surface area contributed by atoms with Crippen molar-refractivity contribution in [3.8, 4) is 0 Å². The Morgan fingerprint density at radius 2 is 1.70 bits per heavy atom. The number of hydrogen-bond donors (Lipinski definition) is 2. The molecular formula is C21H29N2O3S+. The molecular weight excluding hydrogens is 360 g/mol. The van der Waals surface area contributed by atoms with Crippen molar-refractivity contribution in [3.05, 3.63) is 59.7 Å². The summed E-state index contributed by atoms with van der Waals surface area (Å²) in [4.78, 5) is 12.5. The highest BCUT2D eigenvalue weighted by Crippen LogP contribution is 2.21. The highest BCUT2D eigenvalue weighted by molar-refractivity contribution is 7.90. The zero-order chi connectivity index (χ0) is 20.0. The molecule has 2 aromatic carbocycles. The average Bonchev–Trinajstić information content (AvgIpc) is 2.61. The van der Waals surface area contributed by atoms with Gasteiger partial charge in [0.2, 0.25) is 0 Å². The summed E-state index contributed by atoms with van der Waals surface area (Å²) in [6, 6.07) is 15.1. The zero-order valence-corrected chi connectivity index (χ0v) is 17.2. The Kier molecular flexibility index (Phi) is 7.16. The number of hydrogen-bond acceptors (Lipinski definition) is 3. The molecule has 146 valence electrons. The number of nitrogens with two attached hydrogens (primary N) is 1. The van der Waals surface area contributed by atoms with Crippen LogP contribution in [-0.2, 0) is 21.1 Å². The van der Waals surface area contributed by atoms with Crippen molar-refractivity contribution in [2.24, 2.45) is 5.92 Å². The van der Waals surface area contributed by atoms with E-state index in [1.165, 1.54) is 17.2 Å². The molecule has 0 aliphatic rings. The van der Waals surface area contributed by atoms with Crippen molar-refractivity contribution in [2.75, 3.05) is 18.1 Å². The molecule has 1 atom stereocenters. The predicted molar refractivity (Wildman–Crippen MR) is 108 cm³/mol. The Morgan fingerprint density at radius 1 is 1.07 bits per heavy atom. The van der Waals surface area contributed by atoms with Crippen molar-refractivity contribution < 1.29 is 18.5 Å². The minimum atomic E-state index is -3.40. The first-order valence-electron chi connectivity index (χ1n) is 9.23. The number of rotatable bonds is 8. The molecule has 6 heteroatoms. The summed E-state index contributed by atoms with van der Waals surface area (Å²) in [5.41, 5.74) is 2.80. The Hall–Kier alpha value is -2.18. The fourth-order valence-electron chi connectivity index (χ4n) is 3.10. The molecule has 0 fully saturated rings. The summed E-state index contributed by atoms with van der Waals surface area (Å²) in [6.07, 6.45) is 2.14. The van der Waals surface area contributed by atoms with E-state index in [1.807, 2.05) is 5.32 Å². The van der Waals surface area contributed by atoms with Crippen molar-refractivity contribution in [3.63, 3.8) is 0 Å². The average molecular weight is 390 g/mol. The van der Waals surface area contributed by atoms with Crippen molar-refractivity contribution in [1.82, 2.24) is 0 Å². The van der Waals surface area contributed by atoms with Crippen molar-refractivity contribution in [2.45, 2.75) is 38.1 Å². The third-order valence-electron chi connectivity index (χ3n) is 4.61. The van der Waals surface area contributed by atoms with Gasteiger partial charge in [0.25, 0.3) is 5.91 Å². The minimum absolute atomic E-state index is 0.133. The lowest BCUT2D eigenvalue weighted by atomic mass is 9.95. The van der Waals surface area contributed by atoms with Crippen LogP contribution >= 0.6 is 0 Å². The van der Waals surface area contributed by atoms with Gasteiger partial charge in [-0.25, -0.2) is 8.42 Å². The van der Waals surface area contributed by atoms with E-state index in [1.54, 1.807) is 18.2 Å². The number of sulfone groups is 1. The third kappa shape index (κ3) is 5.91. The quantitative estimate of drug-likeness (QED) is 0.728. The number of aryl methyl sites for hydroxylation is 1. The maximum Gasteiger partial charge on any atom is 0.279 e. The number of anilines is 1. The van der Waals surface area contributed by atoms with Gasteiger partial charge in [0.1, 0.15) is 6.04 Å². The lowest BCUT2D eigenvalue weighted by molar-refractivity contribution is -0.692. The Balaban J connectivity index is 2.07. The lowest BCUT2D eigenvalue weighted by Gasteiger charge is -2.20. The zero-order valence-electron chi connectivity index (χ0n) is 16.4. The van der Waals surface area contributed by atoms with E-state index in [4.69, 9.17) is 0 Å². The summed E-state index contributed by atoms with van der Waals surface area (Å²) < 4.78 is 23.7. The van der Waals surface area contributed by atoms with Crippen LogP contribution in [0.3, 0.4) is 0 Å². The normalized spacial score (nSPS) is 12.8. The van der Waals surface area contributed by atoms with Gasteiger partial charge in [0, 0.05) is 17.7 Å². The van der Waals surface area contributed by atoms with Crippen LogP contribution in [0, 0.1) is 5.92 Å². The smallest absolute Gasteiger partial charge is 0.279 e. The van der Waals surface area contributed by atoms with E-state index in [0.29, 0.717) is 11.6 Å². The molecule has 0 aliphatic carbocycles. The number of amides is 1. The van der Waals surface area contributed by atoms with E-state index < -0.39 is 9.84 Å². The summed E-state index contributed by atoms with van der Waals surface area (Å²) >= 11 is 0. The molecule has 0 aromatic heterocycles. The molecule has 0 saturated carbocycles. The maximum absolute atomic E-state index is 12.4. The molecule has 5 nitrogen and oxygen atoms in total. The summed E-state index contributed by atoms with van der Waals surface area (Å²) in [5.74, 6) is 0.135. The van der Waals surface area contributed by atoms with Crippen LogP contribution in [0.15, 0.2) is 53.4 Å². The van der Waals surface area contributed by atoms with Crippen LogP contribution in [0.5, 0.6) is 0 Å². The molecule has 3 N–H and O–H groups in total. The van der Waals surface area contributed by atoms with Gasteiger partial charge in [0.05, 0.1) is 10.6 Å². The minimum Gasteiger partial charge on any atom is -0.332 e. The van der Waals surface area contributed by atoms with Gasteiger partial charge in [0.15, 0.2) is 16.4 Å². The SMILES string of the molecule is CCc1ccc([C@@H]([NH2+]CC(=O)Nc2ccccc2S(C)(=O)=O)C(C)C)cc1. The van der Waals surface area contributed by atoms with Crippen LogP contribution in [0.1, 0.15) is 37.9 Å². The van der Waals surface area contributed by atoms with Crippen LogP contribution in [0.2, 0.25) is 0 Å². The van der Waals surface area contributed by atoms with E-state index in [0.717, 1.165) is 12.7 Å². The van der Waals surface area contributed by atoms with Gasteiger partial charge in [-0.2, -0.15) is 0 Å². The summed E-state index contributed by atoms with van der Waals surface area (Å²) in [6.45, 7) is 6.60. The van der Waals surface area contributed by atoms with E-state index in [9.17, 15) is 13.2 Å². The summed E-state index contributed by atoms with van der Waals surface area (Å²) in [7, 11) is -3.40. The third-order valence-corrected chi connectivity index (χ3v) is 5.76. The van der Waals surface area contributed by atoms with Gasteiger partial charge in [-0.05, 0) is 24.1 Å². The van der Waals surface area contributed by atoms with Crippen LogP contribution < -0.4 is 10.6 Å². The first kappa shape index (κ1) is 21.1. The Bertz CT molecular complexity index is 875. The molecule has 0 radical (unpaired) electrons. The molecule has 0 heterocycles. The van der Waals surface area contributed by atoms with Crippen molar-refractivity contribution >= 4 is 21.4 Å².